The van der Waals surface area contributed by atoms with Crippen molar-refractivity contribution in [3.05, 3.63) is 82.0 Å². The summed E-state index contributed by atoms with van der Waals surface area (Å²) in [6, 6.07) is 21.6. The lowest BCUT2D eigenvalue weighted by Gasteiger charge is -2.22. The van der Waals surface area contributed by atoms with Crippen LogP contribution < -0.4 is 9.64 Å². The Hall–Kier alpha value is -2.59. The van der Waals surface area contributed by atoms with Crippen LogP contribution in [0.3, 0.4) is 0 Å². The van der Waals surface area contributed by atoms with E-state index in [4.69, 9.17) is 4.74 Å². The summed E-state index contributed by atoms with van der Waals surface area (Å²) in [5.74, 6) is 0.650. The molecule has 0 N–H and O–H groups in total. The van der Waals surface area contributed by atoms with Crippen LogP contribution in [0.15, 0.2) is 66.7 Å². The van der Waals surface area contributed by atoms with Crippen molar-refractivity contribution in [1.29, 1.82) is 0 Å². The second-order valence-corrected chi connectivity index (χ2v) is 7.30. The van der Waals surface area contributed by atoms with Crippen LogP contribution in [-0.2, 0) is 11.3 Å². The third kappa shape index (κ3) is 4.70. The number of nitrogens with zero attached hydrogens (tertiary/aromatic N) is 1. The molecule has 0 atom stereocenters. The van der Waals surface area contributed by atoms with Crippen molar-refractivity contribution in [3.8, 4) is 5.75 Å². The smallest absolute Gasteiger partial charge is 0.265 e. The second kappa shape index (κ2) is 7.99. The van der Waals surface area contributed by atoms with Crippen LogP contribution in [0.5, 0.6) is 5.75 Å². The molecule has 4 heteroatoms. The van der Waals surface area contributed by atoms with Crippen molar-refractivity contribution < 1.29 is 9.53 Å². The Morgan fingerprint density at radius 3 is 2.32 bits per heavy atom. The Kier molecular flexibility index (Phi) is 5.51. The highest BCUT2D eigenvalue weighted by atomic mass is 32.1. The molecule has 1 aromatic heterocycles. The number of rotatable bonds is 6. The lowest BCUT2D eigenvalue weighted by Crippen LogP contribution is -2.34. The van der Waals surface area contributed by atoms with E-state index in [1.54, 1.807) is 16.2 Å². The number of aryl methyl sites for hydroxylation is 2. The quantitative estimate of drug-likeness (QED) is 0.627. The van der Waals surface area contributed by atoms with E-state index < -0.39 is 0 Å². The largest absolute Gasteiger partial charge is 0.484 e. The van der Waals surface area contributed by atoms with Crippen LogP contribution in [0, 0.1) is 13.8 Å². The molecule has 1 heterocycles. The molecule has 1 amide bonds. The zero-order valence-electron chi connectivity index (χ0n) is 14.4. The van der Waals surface area contributed by atoms with Gasteiger partial charge in [-0.2, -0.15) is 0 Å². The fourth-order valence-corrected chi connectivity index (χ4v) is 3.39. The number of para-hydroxylation sites is 1. The molecule has 0 aliphatic carbocycles. The molecule has 0 fully saturated rings. The zero-order valence-corrected chi connectivity index (χ0v) is 15.3. The summed E-state index contributed by atoms with van der Waals surface area (Å²) in [7, 11) is 0. The summed E-state index contributed by atoms with van der Waals surface area (Å²) in [5, 5.41) is 0. The maximum atomic E-state index is 12.8. The van der Waals surface area contributed by atoms with Gasteiger partial charge in [0.1, 0.15) is 5.75 Å². The van der Waals surface area contributed by atoms with Crippen LogP contribution in [0.1, 0.15) is 15.3 Å². The van der Waals surface area contributed by atoms with Gasteiger partial charge in [0, 0.05) is 15.4 Å². The van der Waals surface area contributed by atoms with E-state index in [2.05, 4.69) is 19.1 Å². The molecule has 0 saturated heterocycles. The van der Waals surface area contributed by atoms with Crippen molar-refractivity contribution in [2.24, 2.45) is 0 Å². The maximum Gasteiger partial charge on any atom is 0.265 e. The van der Waals surface area contributed by atoms with Crippen molar-refractivity contribution in [1.82, 2.24) is 0 Å². The summed E-state index contributed by atoms with van der Waals surface area (Å²) in [6.45, 7) is 4.67. The summed E-state index contributed by atoms with van der Waals surface area (Å²) < 4.78 is 5.68. The highest BCUT2D eigenvalue weighted by molar-refractivity contribution is 7.11. The van der Waals surface area contributed by atoms with Gasteiger partial charge in [-0.1, -0.05) is 35.9 Å². The molecule has 2 aromatic carbocycles. The molecule has 25 heavy (non-hydrogen) atoms. The third-order valence-electron chi connectivity index (χ3n) is 3.86. The van der Waals surface area contributed by atoms with Gasteiger partial charge in [-0.15, -0.1) is 11.3 Å². The maximum absolute atomic E-state index is 12.8. The third-order valence-corrected chi connectivity index (χ3v) is 4.85. The summed E-state index contributed by atoms with van der Waals surface area (Å²) >= 11 is 1.71. The summed E-state index contributed by atoms with van der Waals surface area (Å²) in [6.07, 6.45) is 0. The molecule has 128 valence electrons. The molecular formula is C21H21NO2S. The monoisotopic (exact) mass is 351 g/mol. The molecule has 0 bridgehead atoms. The Labute approximate surface area is 152 Å². The molecule has 3 nitrogen and oxygen atoms in total. The SMILES string of the molecule is Cc1ccc(OCC(=O)N(Cc2ccc(C)s2)c2ccccc2)cc1. The van der Waals surface area contributed by atoms with E-state index in [-0.39, 0.29) is 12.5 Å². The number of benzene rings is 2. The van der Waals surface area contributed by atoms with E-state index in [0.717, 1.165) is 16.1 Å². The highest BCUT2D eigenvalue weighted by Crippen LogP contribution is 2.22. The number of hydrogen-bond acceptors (Lipinski definition) is 3. The topological polar surface area (TPSA) is 29.5 Å². The van der Waals surface area contributed by atoms with E-state index in [1.165, 1.54) is 4.88 Å². The van der Waals surface area contributed by atoms with Crippen molar-refractivity contribution >= 4 is 22.9 Å². The summed E-state index contributed by atoms with van der Waals surface area (Å²) in [5.41, 5.74) is 2.05. The predicted molar refractivity (Wildman–Crippen MR) is 103 cm³/mol. The Morgan fingerprint density at radius 1 is 0.960 bits per heavy atom. The lowest BCUT2D eigenvalue weighted by atomic mass is 10.2. The van der Waals surface area contributed by atoms with Crippen molar-refractivity contribution in [3.63, 3.8) is 0 Å². The molecule has 3 rings (SSSR count). The zero-order chi connectivity index (χ0) is 17.6. The second-order valence-electron chi connectivity index (χ2n) is 5.93. The lowest BCUT2D eigenvalue weighted by molar-refractivity contribution is -0.120. The standard InChI is InChI=1S/C21H21NO2S/c1-16-8-11-19(12-9-16)24-15-21(23)22(18-6-4-3-5-7-18)14-20-13-10-17(2)25-20/h3-13H,14-15H2,1-2H3. The average Bonchev–Trinajstić information content (AvgIpc) is 3.05. The Bertz CT molecular complexity index is 825. The average molecular weight is 351 g/mol. The first kappa shape index (κ1) is 17.2. The molecule has 0 aliphatic rings. The summed E-state index contributed by atoms with van der Waals surface area (Å²) in [4.78, 5) is 17.0. The first-order chi connectivity index (χ1) is 12.1. The number of thiophene rings is 1. The number of carbonyl (C=O) groups is 1. The fourth-order valence-electron chi connectivity index (χ4n) is 2.51. The molecule has 0 unspecified atom stereocenters. The van der Waals surface area contributed by atoms with Gasteiger partial charge < -0.3 is 9.64 Å². The van der Waals surface area contributed by atoms with Gasteiger partial charge >= 0.3 is 0 Å². The van der Waals surface area contributed by atoms with Crippen LogP contribution >= 0.6 is 11.3 Å². The van der Waals surface area contributed by atoms with Crippen LogP contribution in [-0.4, -0.2) is 12.5 Å². The van der Waals surface area contributed by atoms with Gasteiger partial charge in [-0.05, 0) is 50.2 Å². The number of hydrogen-bond donors (Lipinski definition) is 0. The minimum atomic E-state index is -0.0576. The van der Waals surface area contributed by atoms with E-state index >= 15 is 0 Å². The van der Waals surface area contributed by atoms with E-state index in [0.29, 0.717) is 12.3 Å². The first-order valence-electron chi connectivity index (χ1n) is 8.22. The van der Waals surface area contributed by atoms with Crippen LogP contribution in [0.25, 0.3) is 0 Å². The van der Waals surface area contributed by atoms with Gasteiger partial charge in [0.25, 0.3) is 5.91 Å². The predicted octanol–water partition coefficient (Wildman–Crippen LogP) is 4.98. The number of carbonyl (C=O) groups excluding carboxylic acids is 1. The fraction of sp³-hybridized carbons (Fsp3) is 0.190. The van der Waals surface area contributed by atoms with E-state index in [1.807, 2.05) is 61.5 Å². The molecule has 0 saturated carbocycles. The minimum Gasteiger partial charge on any atom is -0.484 e. The Morgan fingerprint density at radius 2 is 1.68 bits per heavy atom. The molecule has 0 aliphatic heterocycles. The van der Waals surface area contributed by atoms with Crippen LogP contribution in [0.4, 0.5) is 5.69 Å². The van der Waals surface area contributed by atoms with Gasteiger partial charge in [-0.25, -0.2) is 0 Å². The molecular weight excluding hydrogens is 330 g/mol. The van der Waals surface area contributed by atoms with Crippen molar-refractivity contribution in [2.45, 2.75) is 20.4 Å². The molecule has 3 aromatic rings. The van der Waals surface area contributed by atoms with Gasteiger partial charge in [-0.3, -0.25) is 4.79 Å². The van der Waals surface area contributed by atoms with Crippen LogP contribution in [0.2, 0.25) is 0 Å². The van der Waals surface area contributed by atoms with Gasteiger partial charge in [0.15, 0.2) is 6.61 Å². The van der Waals surface area contributed by atoms with Crippen molar-refractivity contribution in [2.75, 3.05) is 11.5 Å². The molecule has 0 radical (unpaired) electrons. The minimum absolute atomic E-state index is 0.0162. The van der Waals surface area contributed by atoms with Gasteiger partial charge in [0.05, 0.1) is 6.54 Å². The first-order valence-corrected chi connectivity index (χ1v) is 9.03. The number of ether oxygens (including phenoxy) is 1. The highest BCUT2D eigenvalue weighted by Gasteiger charge is 2.17. The van der Waals surface area contributed by atoms with E-state index in [9.17, 15) is 4.79 Å². The normalized spacial score (nSPS) is 10.5. The Balaban J connectivity index is 1.73. The number of amides is 1. The number of anilines is 1. The molecule has 0 spiro atoms. The van der Waals surface area contributed by atoms with Gasteiger partial charge in [0.2, 0.25) is 0 Å².